The number of urea groups is 1. The van der Waals surface area contributed by atoms with Gasteiger partial charge in [-0.05, 0) is 37.8 Å². The third-order valence-corrected chi connectivity index (χ3v) is 5.48. The summed E-state index contributed by atoms with van der Waals surface area (Å²) in [4.78, 5) is 30.9. The van der Waals surface area contributed by atoms with E-state index in [2.05, 4.69) is 0 Å². The molecular weight excluding hydrogens is 337 g/mol. The second-order valence-electron chi connectivity index (χ2n) is 7.19. The molecule has 1 unspecified atom stereocenters. The highest BCUT2D eigenvalue weighted by Gasteiger charge is 2.36. The Morgan fingerprint density at radius 2 is 1.81 bits per heavy atom. The van der Waals surface area contributed by atoms with Crippen molar-refractivity contribution in [3.8, 4) is 5.75 Å². The summed E-state index contributed by atoms with van der Waals surface area (Å²) < 4.78 is 19.8. The van der Waals surface area contributed by atoms with Crippen LogP contribution in [0.25, 0.3) is 0 Å². The van der Waals surface area contributed by atoms with Gasteiger partial charge < -0.3 is 19.4 Å². The van der Waals surface area contributed by atoms with Gasteiger partial charge in [-0.3, -0.25) is 4.79 Å². The molecule has 3 aliphatic rings. The Morgan fingerprint density at radius 3 is 2.62 bits per heavy atom. The molecule has 0 N–H and O–H groups in total. The van der Waals surface area contributed by atoms with Crippen LogP contribution in [0.15, 0.2) is 18.2 Å². The van der Waals surface area contributed by atoms with E-state index < -0.39 is 5.82 Å². The number of amides is 3. The molecule has 1 aromatic carbocycles. The van der Waals surface area contributed by atoms with Crippen molar-refractivity contribution in [2.24, 2.45) is 5.92 Å². The highest BCUT2D eigenvalue weighted by Crippen LogP contribution is 2.35. The van der Waals surface area contributed by atoms with Crippen molar-refractivity contribution in [3.63, 3.8) is 0 Å². The summed E-state index contributed by atoms with van der Waals surface area (Å²) in [5.41, 5.74) is 0.228. The third kappa shape index (κ3) is 3.10. The number of rotatable bonds is 1. The van der Waals surface area contributed by atoms with E-state index in [-0.39, 0.29) is 23.5 Å². The van der Waals surface area contributed by atoms with Gasteiger partial charge in [-0.15, -0.1) is 0 Å². The minimum atomic E-state index is -0.448. The van der Waals surface area contributed by atoms with Crippen LogP contribution in [0.4, 0.5) is 14.9 Å². The molecule has 0 saturated carbocycles. The third-order valence-electron chi connectivity index (χ3n) is 5.48. The van der Waals surface area contributed by atoms with Gasteiger partial charge in [-0.1, -0.05) is 6.07 Å². The first-order valence-corrected chi connectivity index (χ1v) is 9.41. The van der Waals surface area contributed by atoms with E-state index in [1.807, 2.05) is 4.90 Å². The first-order chi connectivity index (χ1) is 12.6. The lowest BCUT2D eigenvalue weighted by atomic mass is 9.96. The number of carbonyl (C=O) groups excluding carboxylic acids is 2. The Hall–Kier alpha value is -2.31. The van der Waals surface area contributed by atoms with Crippen LogP contribution >= 0.6 is 0 Å². The van der Waals surface area contributed by atoms with Crippen molar-refractivity contribution in [1.82, 2.24) is 9.80 Å². The zero-order chi connectivity index (χ0) is 18.1. The summed E-state index contributed by atoms with van der Waals surface area (Å²) in [6.45, 7) is 3.39. The van der Waals surface area contributed by atoms with Crippen molar-refractivity contribution >= 4 is 17.6 Å². The van der Waals surface area contributed by atoms with E-state index in [1.54, 1.807) is 17.0 Å². The first kappa shape index (κ1) is 17.1. The summed E-state index contributed by atoms with van der Waals surface area (Å²) in [5.74, 6) is -0.443. The van der Waals surface area contributed by atoms with E-state index in [0.29, 0.717) is 32.0 Å². The fourth-order valence-corrected chi connectivity index (χ4v) is 4.13. The minimum absolute atomic E-state index is 0.0357. The monoisotopic (exact) mass is 361 g/mol. The number of halogens is 1. The van der Waals surface area contributed by atoms with Gasteiger partial charge >= 0.3 is 6.03 Å². The van der Waals surface area contributed by atoms with E-state index in [4.69, 9.17) is 4.74 Å². The summed E-state index contributed by atoms with van der Waals surface area (Å²) in [7, 11) is 0. The highest BCUT2D eigenvalue weighted by molar-refractivity contribution is 5.97. The average Bonchev–Trinajstić information content (AvgIpc) is 3.21. The first-order valence-electron chi connectivity index (χ1n) is 9.41. The largest absolute Gasteiger partial charge is 0.489 e. The topological polar surface area (TPSA) is 53.1 Å². The number of nitrogens with zero attached hydrogens (tertiary/aromatic N) is 3. The molecule has 3 aliphatic heterocycles. The van der Waals surface area contributed by atoms with E-state index >= 15 is 0 Å². The zero-order valence-electron chi connectivity index (χ0n) is 14.8. The van der Waals surface area contributed by atoms with E-state index in [9.17, 15) is 14.0 Å². The van der Waals surface area contributed by atoms with Gasteiger partial charge in [0.15, 0.2) is 5.82 Å². The molecule has 4 rings (SSSR count). The fraction of sp³-hybridized carbons (Fsp3) is 0.579. The van der Waals surface area contributed by atoms with Crippen LogP contribution in [0.3, 0.4) is 0 Å². The van der Waals surface area contributed by atoms with E-state index in [1.165, 1.54) is 11.0 Å². The van der Waals surface area contributed by atoms with Crippen LogP contribution in [-0.4, -0.2) is 61.1 Å². The lowest BCUT2D eigenvalue weighted by Gasteiger charge is -2.38. The van der Waals surface area contributed by atoms with Crippen LogP contribution in [0.1, 0.15) is 25.7 Å². The van der Waals surface area contributed by atoms with Gasteiger partial charge in [0.2, 0.25) is 5.91 Å². The van der Waals surface area contributed by atoms with Gasteiger partial charge in [0, 0.05) is 26.2 Å². The standard InChI is InChI=1S/C19H24FN3O3/c20-15-6-3-7-16-17(15)23(11-12-26-16)18(24)14-5-4-10-22(13-14)19(25)21-8-1-2-9-21/h3,6-7,14H,1-2,4-5,8-13H2. The van der Waals surface area contributed by atoms with Gasteiger partial charge in [-0.2, -0.15) is 0 Å². The lowest BCUT2D eigenvalue weighted by Crippen LogP contribution is -2.51. The molecule has 3 heterocycles. The normalized spacial score (nSPS) is 22.8. The Balaban J connectivity index is 1.49. The summed E-state index contributed by atoms with van der Waals surface area (Å²) in [6, 6.07) is 4.65. The number of likely N-dealkylation sites (tertiary alicyclic amines) is 2. The van der Waals surface area contributed by atoms with Gasteiger partial charge in [-0.25, -0.2) is 9.18 Å². The molecule has 140 valence electrons. The van der Waals surface area contributed by atoms with E-state index in [0.717, 1.165) is 38.8 Å². The molecule has 6 nitrogen and oxygen atoms in total. The summed E-state index contributed by atoms with van der Waals surface area (Å²) in [6.07, 6.45) is 3.62. The Morgan fingerprint density at radius 1 is 1.04 bits per heavy atom. The molecule has 1 atom stereocenters. The average molecular weight is 361 g/mol. The van der Waals surface area contributed by atoms with Crippen molar-refractivity contribution in [2.75, 3.05) is 44.2 Å². The Labute approximate surface area is 152 Å². The maximum Gasteiger partial charge on any atom is 0.320 e. The van der Waals surface area contributed by atoms with Crippen molar-refractivity contribution in [1.29, 1.82) is 0 Å². The maximum atomic E-state index is 14.3. The van der Waals surface area contributed by atoms with Crippen molar-refractivity contribution in [3.05, 3.63) is 24.0 Å². The highest BCUT2D eigenvalue weighted by atomic mass is 19.1. The molecule has 3 amide bonds. The summed E-state index contributed by atoms with van der Waals surface area (Å²) in [5, 5.41) is 0. The lowest BCUT2D eigenvalue weighted by molar-refractivity contribution is -0.124. The number of carbonyl (C=O) groups is 2. The van der Waals surface area contributed by atoms with Crippen LogP contribution < -0.4 is 9.64 Å². The maximum absolute atomic E-state index is 14.3. The van der Waals surface area contributed by atoms with Crippen LogP contribution in [0, 0.1) is 11.7 Å². The number of piperidine rings is 1. The van der Waals surface area contributed by atoms with Crippen LogP contribution in [-0.2, 0) is 4.79 Å². The number of ether oxygens (including phenoxy) is 1. The van der Waals surface area contributed by atoms with Crippen LogP contribution in [0.2, 0.25) is 0 Å². The smallest absolute Gasteiger partial charge is 0.320 e. The quantitative estimate of drug-likeness (QED) is 0.772. The molecule has 0 bridgehead atoms. The van der Waals surface area contributed by atoms with Gasteiger partial charge in [0.1, 0.15) is 18.0 Å². The molecule has 0 aromatic heterocycles. The Bertz CT molecular complexity index is 705. The molecule has 0 radical (unpaired) electrons. The van der Waals surface area contributed by atoms with Gasteiger partial charge in [0.25, 0.3) is 0 Å². The fourth-order valence-electron chi connectivity index (χ4n) is 4.13. The Kier molecular flexibility index (Phi) is 4.70. The molecule has 7 heteroatoms. The second-order valence-corrected chi connectivity index (χ2v) is 7.19. The molecule has 0 spiro atoms. The predicted molar refractivity (Wildman–Crippen MR) is 94.7 cm³/mol. The SMILES string of the molecule is O=C(N1CCCC1)N1CCCC(C(=O)N2CCOc3cccc(F)c32)C1. The number of benzene rings is 1. The van der Waals surface area contributed by atoms with Crippen LogP contribution in [0.5, 0.6) is 5.75 Å². The van der Waals surface area contributed by atoms with Gasteiger partial charge in [0.05, 0.1) is 12.5 Å². The minimum Gasteiger partial charge on any atom is -0.489 e. The number of fused-ring (bicyclic) bond motifs is 1. The number of hydrogen-bond acceptors (Lipinski definition) is 3. The number of para-hydroxylation sites is 1. The zero-order valence-corrected chi connectivity index (χ0v) is 14.8. The van der Waals surface area contributed by atoms with Crippen molar-refractivity contribution in [2.45, 2.75) is 25.7 Å². The second kappa shape index (κ2) is 7.13. The molecule has 26 heavy (non-hydrogen) atoms. The molecule has 2 saturated heterocycles. The van der Waals surface area contributed by atoms with Crippen molar-refractivity contribution < 1.29 is 18.7 Å². The number of hydrogen-bond donors (Lipinski definition) is 0. The molecule has 2 fully saturated rings. The predicted octanol–water partition coefficient (Wildman–Crippen LogP) is 2.48. The molecular formula is C19H24FN3O3. The molecule has 0 aliphatic carbocycles. The number of anilines is 1. The summed E-state index contributed by atoms with van der Waals surface area (Å²) >= 11 is 0. The molecule has 1 aromatic rings.